The van der Waals surface area contributed by atoms with Crippen molar-refractivity contribution in [2.45, 2.75) is 39.3 Å². The number of hydrogen-bond acceptors (Lipinski definition) is 4. The number of carbonyl (C=O) groups excluding carboxylic acids is 1. The highest BCUT2D eigenvalue weighted by Crippen LogP contribution is 2.40. The number of hydrogen-bond donors (Lipinski definition) is 2. The molecule has 1 amide bonds. The number of amides is 1. The van der Waals surface area contributed by atoms with Crippen molar-refractivity contribution >= 4 is 11.6 Å². The van der Waals surface area contributed by atoms with Crippen LogP contribution in [-0.4, -0.2) is 28.1 Å². The van der Waals surface area contributed by atoms with E-state index in [1.807, 2.05) is 13.8 Å². The lowest BCUT2D eigenvalue weighted by molar-refractivity contribution is -0.385. The Kier molecular flexibility index (Phi) is 3.52. The van der Waals surface area contributed by atoms with Crippen molar-refractivity contribution in [3.63, 3.8) is 0 Å². The highest BCUT2D eigenvalue weighted by atomic mass is 16.6. The van der Waals surface area contributed by atoms with Gasteiger partial charge in [-0.15, -0.1) is 0 Å². The van der Waals surface area contributed by atoms with Gasteiger partial charge in [0.1, 0.15) is 5.56 Å². The predicted octanol–water partition coefficient (Wildman–Crippen LogP) is 1.79. The number of nitro benzene ring substituents is 1. The number of carbonyl (C=O) groups is 1. The molecule has 0 spiro atoms. The van der Waals surface area contributed by atoms with Crippen LogP contribution >= 0.6 is 0 Å². The molecule has 108 valence electrons. The molecule has 0 aliphatic heterocycles. The molecule has 0 aromatic heterocycles. The number of aliphatic hydroxyl groups excluding tert-OH is 1. The highest BCUT2D eigenvalue weighted by molar-refractivity contribution is 5.98. The fraction of sp³-hybridized carbons (Fsp3) is 0.500. The van der Waals surface area contributed by atoms with Crippen molar-refractivity contribution < 1.29 is 14.8 Å². The monoisotopic (exact) mass is 278 g/mol. The standard InChI is InChI=1S/C14H18N2O4/c1-8-4-5-10(16(19)20)9(6-8)13(18)15-11-7-12(17)14(11,2)3/h4-6,11-12,17H,7H2,1-3H3,(H,15,18). The summed E-state index contributed by atoms with van der Waals surface area (Å²) in [6.07, 6.45) is 0.0125. The fourth-order valence-corrected chi connectivity index (χ4v) is 2.37. The maximum atomic E-state index is 12.2. The van der Waals surface area contributed by atoms with Gasteiger partial charge in [0.15, 0.2) is 0 Å². The maximum Gasteiger partial charge on any atom is 0.282 e. The Bertz CT molecular complexity index is 568. The van der Waals surface area contributed by atoms with Gasteiger partial charge in [0.05, 0.1) is 11.0 Å². The number of nitrogens with zero attached hydrogens (tertiary/aromatic N) is 1. The van der Waals surface area contributed by atoms with E-state index in [-0.39, 0.29) is 17.3 Å². The average molecular weight is 278 g/mol. The third-order valence-electron chi connectivity index (χ3n) is 4.11. The quantitative estimate of drug-likeness (QED) is 0.651. The van der Waals surface area contributed by atoms with Gasteiger partial charge < -0.3 is 10.4 Å². The van der Waals surface area contributed by atoms with Crippen LogP contribution in [0.3, 0.4) is 0 Å². The average Bonchev–Trinajstić information content (AvgIpc) is 2.37. The molecule has 1 aliphatic carbocycles. The van der Waals surface area contributed by atoms with Crippen LogP contribution in [0.1, 0.15) is 36.2 Å². The molecule has 1 aromatic carbocycles. The molecule has 6 heteroatoms. The van der Waals surface area contributed by atoms with Gasteiger partial charge in [-0.1, -0.05) is 19.9 Å². The lowest BCUT2D eigenvalue weighted by Crippen LogP contribution is -2.61. The second-order valence-corrected chi connectivity index (χ2v) is 5.88. The third kappa shape index (κ3) is 2.38. The molecule has 0 bridgehead atoms. The Morgan fingerprint density at radius 2 is 2.15 bits per heavy atom. The van der Waals surface area contributed by atoms with E-state index in [1.165, 1.54) is 12.1 Å². The maximum absolute atomic E-state index is 12.2. The summed E-state index contributed by atoms with van der Waals surface area (Å²) < 4.78 is 0. The van der Waals surface area contributed by atoms with Crippen molar-refractivity contribution in [3.8, 4) is 0 Å². The molecular formula is C14H18N2O4. The van der Waals surface area contributed by atoms with Gasteiger partial charge in [-0.25, -0.2) is 0 Å². The van der Waals surface area contributed by atoms with Gasteiger partial charge in [0.25, 0.3) is 11.6 Å². The Labute approximate surface area is 117 Å². The summed E-state index contributed by atoms with van der Waals surface area (Å²) in [4.78, 5) is 22.6. The summed E-state index contributed by atoms with van der Waals surface area (Å²) in [5.74, 6) is -0.467. The van der Waals surface area contributed by atoms with E-state index in [1.54, 1.807) is 13.0 Å². The Morgan fingerprint density at radius 1 is 1.50 bits per heavy atom. The van der Waals surface area contributed by atoms with Gasteiger partial charge in [-0.05, 0) is 25.0 Å². The first kappa shape index (κ1) is 14.5. The molecule has 6 nitrogen and oxygen atoms in total. The van der Waals surface area contributed by atoms with Crippen LogP contribution < -0.4 is 5.32 Å². The van der Waals surface area contributed by atoms with E-state index in [9.17, 15) is 20.0 Å². The molecule has 2 unspecified atom stereocenters. The summed E-state index contributed by atoms with van der Waals surface area (Å²) >= 11 is 0. The number of benzene rings is 1. The molecule has 1 fully saturated rings. The molecule has 0 saturated heterocycles. The summed E-state index contributed by atoms with van der Waals surface area (Å²) in [6, 6.07) is 4.28. The zero-order valence-electron chi connectivity index (χ0n) is 11.7. The summed E-state index contributed by atoms with van der Waals surface area (Å²) in [6.45, 7) is 5.49. The first-order valence-corrected chi connectivity index (χ1v) is 6.47. The normalized spacial score (nSPS) is 23.8. The first-order valence-electron chi connectivity index (χ1n) is 6.47. The minimum atomic E-state index is -0.560. The number of nitro groups is 1. The number of rotatable bonds is 3. The summed E-state index contributed by atoms with van der Waals surface area (Å²) in [5.41, 5.74) is 0.237. The molecular weight excluding hydrogens is 260 g/mol. The van der Waals surface area contributed by atoms with Crippen LogP contribution in [0.25, 0.3) is 0 Å². The van der Waals surface area contributed by atoms with Gasteiger partial charge in [0.2, 0.25) is 0 Å². The molecule has 0 radical (unpaired) electrons. The van der Waals surface area contributed by atoms with E-state index in [0.717, 1.165) is 5.56 Å². The van der Waals surface area contributed by atoms with Crippen LogP contribution in [0.5, 0.6) is 0 Å². The Balaban J connectivity index is 2.22. The van der Waals surface area contributed by atoms with Crippen molar-refractivity contribution in [3.05, 3.63) is 39.4 Å². The third-order valence-corrected chi connectivity index (χ3v) is 4.11. The van der Waals surface area contributed by atoms with Crippen LogP contribution in [0.4, 0.5) is 5.69 Å². The largest absolute Gasteiger partial charge is 0.392 e. The van der Waals surface area contributed by atoms with Crippen LogP contribution in [0.15, 0.2) is 18.2 Å². The lowest BCUT2D eigenvalue weighted by atomic mass is 9.64. The van der Waals surface area contributed by atoms with Crippen LogP contribution in [0, 0.1) is 22.5 Å². The topological polar surface area (TPSA) is 92.5 Å². The number of nitrogens with one attached hydrogen (secondary N) is 1. The second kappa shape index (κ2) is 4.86. The van der Waals surface area contributed by atoms with E-state index in [0.29, 0.717) is 6.42 Å². The molecule has 1 aromatic rings. The molecule has 0 heterocycles. The number of aliphatic hydroxyl groups is 1. The van der Waals surface area contributed by atoms with Crippen LogP contribution in [-0.2, 0) is 0 Å². The number of aryl methyl sites for hydroxylation is 1. The van der Waals surface area contributed by atoms with Gasteiger partial charge in [-0.3, -0.25) is 14.9 Å². The SMILES string of the molecule is Cc1ccc([N+](=O)[O-])c(C(=O)NC2CC(O)C2(C)C)c1. The van der Waals surface area contributed by atoms with Crippen molar-refractivity contribution in [2.75, 3.05) is 0 Å². The van der Waals surface area contributed by atoms with Crippen molar-refractivity contribution in [2.24, 2.45) is 5.41 Å². The molecule has 2 atom stereocenters. The Morgan fingerprint density at radius 3 is 2.65 bits per heavy atom. The predicted molar refractivity (Wildman–Crippen MR) is 73.5 cm³/mol. The van der Waals surface area contributed by atoms with Gasteiger partial charge in [0, 0.05) is 17.5 Å². The molecule has 20 heavy (non-hydrogen) atoms. The highest BCUT2D eigenvalue weighted by Gasteiger charge is 2.48. The summed E-state index contributed by atoms with van der Waals surface area (Å²) in [7, 11) is 0. The van der Waals surface area contributed by atoms with Crippen molar-refractivity contribution in [1.29, 1.82) is 0 Å². The smallest absolute Gasteiger partial charge is 0.282 e. The molecule has 2 N–H and O–H groups in total. The first-order chi connectivity index (χ1) is 9.23. The Hall–Kier alpha value is -1.95. The minimum Gasteiger partial charge on any atom is -0.392 e. The zero-order chi connectivity index (χ0) is 15.1. The zero-order valence-corrected chi connectivity index (χ0v) is 11.7. The van der Waals surface area contributed by atoms with E-state index >= 15 is 0 Å². The van der Waals surface area contributed by atoms with E-state index in [4.69, 9.17) is 0 Å². The molecule has 1 aliphatic rings. The summed E-state index contributed by atoms with van der Waals surface area (Å²) in [5, 5.41) is 23.4. The van der Waals surface area contributed by atoms with Gasteiger partial charge >= 0.3 is 0 Å². The second-order valence-electron chi connectivity index (χ2n) is 5.88. The molecule has 1 saturated carbocycles. The van der Waals surface area contributed by atoms with E-state index < -0.39 is 22.3 Å². The van der Waals surface area contributed by atoms with E-state index in [2.05, 4.69) is 5.32 Å². The fourth-order valence-electron chi connectivity index (χ4n) is 2.37. The van der Waals surface area contributed by atoms with Gasteiger partial charge in [-0.2, -0.15) is 0 Å². The lowest BCUT2D eigenvalue weighted by Gasteiger charge is -2.49. The van der Waals surface area contributed by atoms with Crippen molar-refractivity contribution in [1.82, 2.24) is 5.32 Å². The van der Waals surface area contributed by atoms with Crippen LogP contribution in [0.2, 0.25) is 0 Å². The minimum absolute atomic E-state index is 0.0622. The molecule has 2 rings (SSSR count).